The van der Waals surface area contributed by atoms with Gasteiger partial charge in [-0.3, -0.25) is 4.79 Å². The van der Waals surface area contributed by atoms with E-state index in [0.717, 1.165) is 35.3 Å². The summed E-state index contributed by atoms with van der Waals surface area (Å²) in [6.45, 7) is 7.07. The van der Waals surface area contributed by atoms with Gasteiger partial charge in [0, 0.05) is 30.2 Å². The third-order valence-corrected chi connectivity index (χ3v) is 6.67. The number of aryl methyl sites for hydroxylation is 2. The predicted molar refractivity (Wildman–Crippen MR) is 128 cm³/mol. The maximum absolute atomic E-state index is 13.0. The quantitative estimate of drug-likeness (QED) is 0.566. The normalized spacial score (nSPS) is 22.6. The fraction of sp³-hybridized carbons (Fsp3) is 0.370. The molecular formula is C27H28N4O2. The largest absolute Gasteiger partial charge is 0.372 e. The van der Waals surface area contributed by atoms with Crippen molar-refractivity contribution < 1.29 is 9.53 Å². The molecule has 6 nitrogen and oxygen atoms in total. The zero-order chi connectivity index (χ0) is 23.1. The van der Waals surface area contributed by atoms with Crippen LogP contribution in [0.15, 0.2) is 42.5 Å². The monoisotopic (exact) mass is 440 g/mol. The van der Waals surface area contributed by atoms with Crippen LogP contribution in [0.2, 0.25) is 0 Å². The number of aromatic nitrogens is 2. The lowest BCUT2D eigenvalue weighted by atomic mass is 10.1. The zero-order valence-corrected chi connectivity index (χ0v) is 19.3. The van der Waals surface area contributed by atoms with Crippen molar-refractivity contribution in [2.75, 3.05) is 13.1 Å². The molecule has 1 aromatic carbocycles. The maximum atomic E-state index is 13.0. The summed E-state index contributed by atoms with van der Waals surface area (Å²) in [5, 5.41) is 10.9. The molecule has 3 atom stereocenters. The molecule has 1 amide bonds. The van der Waals surface area contributed by atoms with Crippen LogP contribution in [0.5, 0.6) is 0 Å². The van der Waals surface area contributed by atoms with E-state index < -0.39 is 0 Å². The molecule has 5 rings (SSSR count). The van der Waals surface area contributed by atoms with Gasteiger partial charge in [0.2, 0.25) is 5.91 Å². The summed E-state index contributed by atoms with van der Waals surface area (Å²) in [6, 6.07) is 14.8. The summed E-state index contributed by atoms with van der Waals surface area (Å²) < 4.78 is 7.93. The first-order chi connectivity index (χ1) is 16.0. The van der Waals surface area contributed by atoms with Crippen molar-refractivity contribution in [3.8, 4) is 6.07 Å². The van der Waals surface area contributed by atoms with Crippen LogP contribution in [-0.4, -0.2) is 45.7 Å². The van der Waals surface area contributed by atoms with Gasteiger partial charge in [-0.25, -0.2) is 4.98 Å². The van der Waals surface area contributed by atoms with Gasteiger partial charge in [0.25, 0.3) is 0 Å². The first kappa shape index (κ1) is 21.4. The topological polar surface area (TPSA) is 71.2 Å². The molecule has 0 radical (unpaired) electrons. The van der Waals surface area contributed by atoms with E-state index in [4.69, 9.17) is 9.72 Å². The first-order valence-corrected chi connectivity index (χ1v) is 11.6. The smallest absolute Gasteiger partial charge is 0.246 e. The van der Waals surface area contributed by atoms with Gasteiger partial charge >= 0.3 is 0 Å². The number of hydrogen-bond donors (Lipinski definition) is 0. The number of carbonyl (C=O) groups excluding carboxylic acids is 1. The first-order valence-electron chi connectivity index (χ1n) is 11.6. The van der Waals surface area contributed by atoms with Crippen LogP contribution in [0.3, 0.4) is 0 Å². The molecule has 3 unspecified atom stereocenters. The number of rotatable bonds is 3. The van der Waals surface area contributed by atoms with Crippen molar-refractivity contribution in [1.29, 1.82) is 5.26 Å². The number of carbonyl (C=O) groups is 1. The molecule has 0 bridgehead atoms. The summed E-state index contributed by atoms with van der Waals surface area (Å²) >= 11 is 0. The van der Waals surface area contributed by atoms with Gasteiger partial charge in [0.05, 0.1) is 29.5 Å². The Hall–Kier alpha value is -3.43. The maximum Gasteiger partial charge on any atom is 0.246 e. The minimum absolute atomic E-state index is 0.00869. The average Bonchev–Trinajstić information content (AvgIpc) is 3.34. The van der Waals surface area contributed by atoms with Crippen LogP contribution >= 0.6 is 0 Å². The fourth-order valence-corrected chi connectivity index (χ4v) is 5.31. The molecule has 33 heavy (non-hydrogen) atoms. The molecule has 0 saturated carbocycles. The van der Waals surface area contributed by atoms with Crippen molar-refractivity contribution >= 4 is 23.0 Å². The Kier molecular flexibility index (Phi) is 5.51. The second kappa shape index (κ2) is 8.49. The second-order valence-corrected chi connectivity index (χ2v) is 9.15. The van der Waals surface area contributed by atoms with Gasteiger partial charge in [-0.15, -0.1) is 0 Å². The number of nitriles is 1. The predicted octanol–water partition coefficient (Wildman–Crippen LogP) is 4.40. The van der Waals surface area contributed by atoms with E-state index >= 15 is 0 Å². The Labute approximate surface area is 194 Å². The minimum Gasteiger partial charge on any atom is -0.372 e. The van der Waals surface area contributed by atoms with Gasteiger partial charge in [-0.05, 0) is 62.9 Å². The number of ether oxygens (including phenoxy) is 1. The molecule has 3 heterocycles. The van der Waals surface area contributed by atoms with Crippen LogP contribution in [0.4, 0.5) is 0 Å². The van der Waals surface area contributed by atoms with E-state index in [1.165, 1.54) is 11.1 Å². The molecule has 1 saturated heterocycles. The number of fused-ring (bicyclic) bond motifs is 2. The highest BCUT2D eigenvalue weighted by atomic mass is 16.5. The lowest BCUT2D eigenvalue weighted by Gasteiger charge is -2.34. The summed E-state index contributed by atoms with van der Waals surface area (Å²) in [5.41, 5.74) is 5.61. The highest BCUT2D eigenvalue weighted by Gasteiger charge is 2.29. The number of pyridine rings is 1. The van der Waals surface area contributed by atoms with Crippen LogP contribution in [-0.2, 0) is 16.0 Å². The molecule has 6 heteroatoms. The van der Waals surface area contributed by atoms with Crippen molar-refractivity contribution in [2.45, 2.75) is 51.9 Å². The molecule has 3 aromatic rings. The molecule has 0 spiro atoms. The Morgan fingerprint density at radius 1 is 1.18 bits per heavy atom. The highest BCUT2D eigenvalue weighted by Crippen LogP contribution is 2.39. The van der Waals surface area contributed by atoms with Crippen LogP contribution in [0.25, 0.3) is 17.1 Å². The number of benzene rings is 1. The molecule has 168 valence electrons. The standard InChI is InChI=1S/C27H28N4O2/c1-17-8-10-22-23(14-28)25(12-13-26(32)30-15-18(2)33-19(3)16-30)31(27(22)29-17)24-11-9-20-6-4-5-7-21(20)24/h4-8,10,12-13,18-19,24H,9,11,15-16H2,1-3H3/b13-12+. The van der Waals surface area contributed by atoms with Gasteiger partial charge in [0.1, 0.15) is 11.7 Å². The number of amides is 1. The van der Waals surface area contributed by atoms with Gasteiger partial charge < -0.3 is 14.2 Å². The number of morpholine rings is 1. The van der Waals surface area contributed by atoms with E-state index in [0.29, 0.717) is 18.7 Å². The SMILES string of the molecule is Cc1ccc2c(C#N)c(/C=C/C(=O)N3CC(C)OC(C)C3)n(C3CCc4ccccc43)c2n1. The summed E-state index contributed by atoms with van der Waals surface area (Å²) in [6.07, 6.45) is 5.36. The summed E-state index contributed by atoms with van der Waals surface area (Å²) in [7, 11) is 0. The average molecular weight is 441 g/mol. The third kappa shape index (κ3) is 3.83. The minimum atomic E-state index is -0.0614. The van der Waals surface area contributed by atoms with Crippen LogP contribution in [0, 0.1) is 18.3 Å². The van der Waals surface area contributed by atoms with Crippen molar-refractivity contribution in [2.24, 2.45) is 0 Å². The van der Waals surface area contributed by atoms with Crippen molar-refractivity contribution in [3.05, 3.63) is 70.6 Å². The molecule has 2 aliphatic rings. The second-order valence-electron chi connectivity index (χ2n) is 9.15. The van der Waals surface area contributed by atoms with Crippen LogP contribution < -0.4 is 0 Å². The molecule has 1 fully saturated rings. The van der Waals surface area contributed by atoms with Gasteiger partial charge in [0.15, 0.2) is 0 Å². The zero-order valence-electron chi connectivity index (χ0n) is 19.3. The van der Waals surface area contributed by atoms with Crippen molar-refractivity contribution in [3.63, 3.8) is 0 Å². The molecular weight excluding hydrogens is 412 g/mol. The van der Waals surface area contributed by atoms with Gasteiger partial charge in [-0.2, -0.15) is 5.26 Å². The molecule has 2 aromatic heterocycles. The Bertz CT molecular complexity index is 1290. The Morgan fingerprint density at radius 3 is 2.70 bits per heavy atom. The molecule has 1 aliphatic heterocycles. The Balaban J connectivity index is 1.61. The summed E-state index contributed by atoms with van der Waals surface area (Å²) in [5.74, 6) is -0.0614. The van der Waals surface area contributed by atoms with Gasteiger partial charge in [-0.1, -0.05) is 24.3 Å². The molecule has 0 N–H and O–H groups in total. The highest BCUT2D eigenvalue weighted by molar-refractivity contribution is 5.95. The van der Waals surface area contributed by atoms with E-state index in [2.05, 4.69) is 34.9 Å². The number of nitrogens with zero attached hydrogens (tertiary/aromatic N) is 4. The van der Waals surface area contributed by atoms with E-state index in [9.17, 15) is 10.1 Å². The van der Waals surface area contributed by atoms with E-state index in [-0.39, 0.29) is 24.2 Å². The fourth-order valence-electron chi connectivity index (χ4n) is 5.31. The molecule has 1 aliphatic carbocycles. The van der Waals surface area contributed by atoms with E-state index in [1.54, 1.807) is 6.08 Å². The Morgan fingerprint density at radius 2 is 1.94 bits per heavy atom. The van der Waals surface area contributed by atoms with Crippen molar-refractivity contribution in [1.82, 2.24) is 14.5 Å². The van der Waals surface area contributed by atoms with Crippen LogP contribution in [0.1, 0.15) is 54.4 Å². The lowest BCUT2D eigenvalue weighted by molar-refractivity contribution is -0.137. The number of hydrogen-bond acceptors (Lipinski definition) is 4. The summed E-state index contributed by atoms with van der Waals surface area (Å²) in [4.78, 5) is 19.7. The lowest BCUT2D eigenvalue weighted by Crippen LogP contribution is -2.47. The third-order valence-electron chi connectivity index (χ3n) is 6.67. The van der Waals surface area contributed by atoms with E-state index in [1.807, 2.05) is 43.9 Å².